The van der Waals surface area contributed by atoms with E-state index in [4.69, 9.17) is 16.9 Å². The molecule has 2 rings (SSSR count). The first-order chi connectivity index (χ1) is 7.22. The Labute approximate surface area is 89.6 Å². The van der Waals surface area contributed by atoms with Crippen LogP contribution in [0.25, 0.3) is 11.3 Å². The molecule has 0 aliphatic heterocycles. The van der Waals surface area contributed by atoms with Gasteiger partial charge in [0.2, 0.25) is 0 Å². The number of benzene rings is 1. The minimum absolute atomic E-state index is 0.0657. The van der Waals surface area contributed by atoms with Crippen molar-refractivity contribution in [3.63, 3.8) is 0 Å². The van der Waals surface area contributed by atoms with Gasteiger partial charge in [0.25, 0.3) is 5.69 Å². The average molecular weight is 222 g/mol. The minimum atomic E-state index is -0.183. The number of halogens is 1. The van der Waals surface area contributed by atoms with Gasteiger partial charge in [-0.2, -0.15) is 5.26 Å². The van der Waals surface area contributed by atoms with Crippen LogP contribution in [0.4, 0.5) is 0 Å². The average Bonchev–Trinajstić information content (AvgIpc) is 2.59. The van der Waals surface area contributed by atoms with Gasteiger partial charge in [0.05, 0.1) is 0 Å². The third-order valence-electron chi connectivity index (χ3n) is 1.82. The summed E-state index contributed by atoms with van der Waals surface area (Å²) < 4.78 is 4.33. The summed E-state index contributed by atoms with van der Waals surface area (Å²) in [5.41, 5.74) is 0.574. The molecule has 0 saturated carbocycles. The summed E-state index contributed by atoms with van der Waals surface area (Å²) in [6.45, 7) is 0. The topological polar surface area (TPSA) is 76.8 Å². The van der Waals surface area contributed by atoms with E-state index in [0.717, 1.165) is 0 Å². The van der Waals surface area contributed by atoms with Crippen molar-refractivity contribution in [3.8, 4) is 17.3 Å². The molecule has 0 unspecified atom stereocenters. The van der Waals surface area contributed by atoms with E-state index < -0.39 is 0 Å². The Hall–Kier alpha value is -2.06. The maximum atomic E-state index is 11.0. The van der Waals surface area contributed by atoms with Gasteiger partial charge in [-0.1, -0.05) is 23.7 Å². The van der Waals surface area contributed by atoms with Gasteiger partial charge >= 0.3 is 5.69 Å². The Morgan fingerprint density at radius 3 is 3.00 bits per heavy atom. The summed E-state index contributed by atoms with van der Waals surface area (Å²) in [4.78, 5) is 0.0657. The van der Waals surface area contributed by atoms with Gasteiger partial charge < -0.3 is 5.21 Å². The molecule has 0 aliphatic rings. The lowest BCUT2D eigenvalue weighted by molar-refractivity contribution is -0.804. The molecule has 2 aromatic rings. The van der Waals surface area contributed by atoms with Gasteiger partial charge in [0.15, 0.2) is 6.07 Å². The van der Waals surface area contributed by atoms with Gasteiger partial charge in [0.1, 0.15) is 0 Å². The monoisotopic (exact) mass is 221 g/mol. The lowest BCUT2D eigenvalue weighted by Gasteiger charge is -1.92. The highest BCUT2D eigenvalue weighted by atomic mass is 35.5. The summed E-state index contributed by atoms with van der Waals surface area (Å²) in [6, 6.07) is 8.38. The molecule has 0 N–H and O–H groups in total. The van der Waals surface area contributed by atoms with Gasteiger partial charge in [-0.15, -0.1) is 0 Å². The SMILES string of the molecule is N#Cc1c(-c2cccc(Cl)c2)no[n+]1[O-]. The summed E-state index contributed by atoms with van der Waals surface area (Å²) in [7, 11) is 0. The fraction of sp³-hybridized carbons (Fsp3) is 0. The van der Waals surface area contributed by atoms with E-state index in [2.05, 4.69) is 9.79 Å². The number of nitrogens with zero attached hydrogens (tertiary/aromatic N) is 3. The molecule has 0 radical (unpaired) electrons. The quantitative estimate of drug-likeness (QED) is 0.684. The summed E-state index contributed by atoms with van der Waals surface area (Å²) in [6.07, 6.45) is 0. The molecule has 0 spiro atoms. The first kappa shape index (κ1) is 9.49. The van der Waals surface area contributed by atoms with E-state index in [9.17, 15) is 5.21 Å². The fourth-order valence-electron chi connectivity index (χ4n) is 1.17. The summed E-state index contributed by atoms with van der Waals surface area (Å²) in [5, 5.41) is 23.7. The highest BCUT2D eigenvalue weighted by Crippen LogP contribution is 2.22. The largest absolute Gasteiger partial charge is 0.358 e. The molecule has 0 amide bonds. The molecule has 0 atom stereocenters. The van der Waals surface area contributed by atoms with E-state index >= 15 is 0 Å². The van der Waals surface area contributed by atoms with Crippen molar-refractivity contribution < 1.29 is 9.53 Å². The maximum absolute atomic E-state index is 11.0. The van der Waals surface area contributed by atoms with Crippen molar-refractivity contribution in [2.45, 2.75) is 0 Å². The van der Waals surface area contributed by atoms with Crippen LogP contribution in [-0.4, -0.2) is 5.16 Å². The zero-order chi connectivity index (χ0) is 10.8. The molecule has 0 saturated heterocycles. The Bertz CT molecular complexity index is 545. The minimum Gasteiger partial charge on any atom is -0.358 e. The van der Waals surface area contributed by atoms with E-state index in [0.29, 0.717) is 10.6 Å². The Balaban J connectivity index is 2.60. The van der Waals surface area contributed by atoms with E-state index in [1.165, 1.54) is 0 Å². The molecular weight excluding hydrogens is 218 g/mol. The molecule has 0 aliphatic carbocycles. The fourth-order valence-corrected chi connectivity index (χ4v) is 1.36. The van der Waals surface area contributed by atoms with Crippen LogP contribution in [0.15, 0.2) is 28.9 Å². The van der Waals surface area contributed by atoms with Crippen LogP contribution in [0.2, 0.25) is 5.02 Å². The Kier molecular flexibility index (Phi) is 2.27. The molecule has 1 aromatic carbocycles. The van der Waals surface area contributed by atoms with Crippen molar-refractivity contribution in [1.29, 1.82) is 5.26 Å². The highest BCUT2D eigenvalue weighted by molar-refractivity contribution is 6.30. The van der Waals surface area contributed by atoms with Gasteiger partial charge in [0, 0.05) is 15.7 Å². The molecule has 74 valence electrons. The molecular formula is C9H4ClN3O2. The molecule has 0 fully saturated rings. The number of rotatable bonds is 1. The predicted octanol–water partition coefficient (Wildman–Crippen LogP) is 1.50. The molecule has 15 heavy (non-hydrogen) atoms. The second kappa shape index (κ2) is 3.59. The molecule has 1 heterocycles. The second-order valence-electron chi connectivity index (χ2n) is 2.75. The van der Waals surface area contributed by atoms with Crippen LogP contribution < -0.4 is 4.90 Å². The zero-order valence-electron chi connectivity index (χ0n) is 7.35. The van der Waals surface area contributed by atoms with Crippen molar-refractivity contribution >= 4 is 11.6 Å². The van der Waals surface area contributed by atoms with Crippen LogP contribution in [0.3, 0.4) is 0 Å². The van der Waals surface area contributed by atoms with Gasteiger partial charge in [-0.05, 0) is 17.0 Å². The lowest BCUT2D eigenvalue weighted by Crippen LogP contribution is -2.26. The van der Waals surface area contributed by atoms with Gasteiger partial charge in [-0.3, -0.25) is 4.63 Å². The molecule has 6 heteroatoms. The van der Waals surface area contributed by atoms with Crippen molar-refractivity contribution in [1.82, 2.24) is 5.16 Å². The number of nitriles is 1. The first-order valence-corrected chi connectivity index (χ1v) is 4.36. The smallest absolute Gasteiger partial charge is 0.302 e. The predicted molar refractivity (Wildman–Crippen MR) is 50.6 cm³/mol. The van der Waals surface area contributed by atoms with Crippen LogP contribution >= 0.6 is 11.6 Å². The number of hydrogen-bond acceptors (Lipinski definition) is 4. The van der Waals surface area contributed by atoms with Crippen molar-refractivity contribution in [2.24, 2.45) is 0 Å². The third-order valence-corrected chi connectivity index (χ3v) is 2.05. The van der Waals surface area contributed by atoms with E-state index in [1.807, 2.05) is 0 Å². The Morgan fingerprint density at radius 2 is 2.33 bits per heavy atom. The first-order valence-electron chi connectivity index (χ1n) is 3.98. The van der Waals surface area contributed by atoms with E-state index in [-0.39, 0.29) is 16.3 Å². The van der Waals surface area contributed by atoms with Crippen molar-refractivity contribution in [3.05, 3.63) is 40.2 Å². The van der Waals surface area contributed by atoms with Crippen LogP contribution in [0.1, 0.15) is 5.69 Å². The maximum Gasteiger partial charge on any atom is 0.302 e. The molecule has 5 nitrogen and oxygen atoms in total. The third kappa shape index (κ3) is 1.63. The zero-order valence-corrected chi connectivity index (χ0v) is 8.10. The van der Waals surface area contributed by atoms with Gasteiger partial charge in [-0.25, -0.2) is 0 Å². The number of hydrogen-bond donors (Lipinski definition) is 0. The van der Waals surface area contributed by atoms with Crippen LogP contribution in [0, 0.1) is 16.5 Å². The summed E-state index contributed by atoms with van der Waals surface area (Å²) in [5.74, 6) is 0. The second-order valence-corrected chi connectivity index (χ2v) is 3.19. The summed E-state index contributed by atoms with van der Waals surface area (Å²) >= 11 is 5.77. The normalized spacial score (nSPS) is 9.87. The van der Waals surface area contributed by atoms with E-state index in [1.54, 1.807) is 30.3 Å². The van der Waals surface area contributed by atoms with Crippen LogP contribution in [-0.2, 0) is 0 Å². The molecule has 0 bridgehead atoms. The lowest BCUT2D eigenvalue weighted by atomic mass is 10.1. The Morgan fingerprint density at radius 1 is 1.53 bits per heavy atom. The van der Waals surface area contributed by atoms with Crippen molar-refractivity contribution in [2.75, 3.05) is 0 Å². The molecule has 1 aromatic heterocycles. The highest BCUT2D eigenvalue weighted by Gasteiger charge is 2.20. The van der Waals surface area contributed by atoms with Crippen LogP contribution in [0.5, 0.6) is 0 Å². The standard InChI is InChI=1S/C9H4ClN3O2/c10-7-3-1-2-6(4-7)9-8(5-11)13(14)15-12-9/h1-4H. The number of aromatic nitrogens is 2.